The van der Waals surface area contributed by atoms with E-state index in [2.05, 4.69) is 15.9 Å². The molecule has 0 fully saturated rings. The molecular formula is C11H14BrNO2. The zero-order valence-corrected chi connectivity index (χ0v) is 10.1. The van der Waals surface area contributed by atoms with Crippen molar-refractivity contribution in [3.63, 3.8) is 0 Å². The second-order valence-corrected chi connectivity index (χ2v) is 4.23. The minimum absolute atomic E-state index is 0.361. The van der Waals surface area contributed by atoms with Crippen molar-refractivity contribution in [3.8, 4) is 0 Å². The molecule has 0 amide bonds. The molecule has 0 aliphatic carbocycles. The van der Waals surface area contributed by atoms with Crippen molar-refractivity contribution in [2.45, 2.75) is 25.8 Å². The molecular weight excluding hydrogens is 258 g/mol. The third kappa shape index (κ3) is 3.04. The number of hydrogen-bond donors (Lipinski definition) is 2. The standard InChI is InChI=1S/C11H14BrNO2/c1-2-7-4-3-5-9(12)8(7)6-10(13)11(14)15/h3-5,10H,2,6,13H2,1H3,(H,14,15)/t10-/m1/s1. The predicted molar refractivity (Wildman–Crippen MR) is 62.8 cm³/mol. The largest absolute Gasteiger partial charge is 0.480 e. The first kappa shape index (κ1) is 12.2. The Morgan fingerprint density at radius 3 is 2.80 bits per heavy atom. The first-order chi connectivity index (χ1) is 7.06. The molecule has 1 aromatic carbocycles. The number of aryl methyl sites for hydroxylation is 1. The smallest absolute Gasteiger partial charge is 0.320 e. The number of carboxylic acid groups (broad SMARTS) is 1. The highest BCUT2D eigenvalue weighted by Gasteiger charge is 2.15. The van der Waals surface area contributed by atoms with Gasteiger partial charge in [-0.25, -0.2) is 0 Å². The Labute approximate surface area is 97.4 Å². The van der Waals surface area contributed by atoms with Crippen LogP contribution in [0.25, 0.3) is 0 Å². The molecule has 1 atom stereocenters. The van der Waals surface area contributed by atoms with Crippen LogP contribution in [0.2, 0.25) is 0 Å². The van der Waals surface area contributed by atoms with E-state index in [0.717, 1.165) is 22.0 Å². The van der Waals surface area contributed by atoms with E-state index in [1.165, 1.54) is 0 Å². The van der Waals surface area contributed by atoms with E-state index in [-0.39, 0.29) is 0 Å². The molecule has 1 aromatic rings. The molecule has 0 unspecified atom stereocenters. The van der Waals surface area contributed by atoms with E-state index in [9.17, 15) is 4.79 Å². The summed E-state index contributed by atoms with van der Waals surface area (Å²) in [6.07, 6.45) is 1.24. The van der Waals surface area contributed by atoms with Gasteiger partial charge in [-0.1, -0.05) is 35.0 Å². The highest BCUT2D eigenvalue weighted by molar-refractivity contribution is 9.10. The van der Waals surface area contributed by atoms with E-state index in [1.807, 2.05) is 25.1 Å². The zero-order chi connectivity index (χ0) is 11.4. The second-order valence-electron chi connectivity index (χ2n) is 3.38. The monoisotopic (exact) mass is 271 g/mol. The lowest BCUT2D eigenvalue weighted by atomic mass is 9.99. The number of carbonyl (C=O) groups is 1. The van der Waals surface area contributed by atoms with Crippen molar-refractivity contribution >= 4 is 21.9 Å². The summed E-state index contributed by atoms with van der Waals surface area (Å²) in [5.41, 5.74) is 7.66. The Hall–Kier alpha value is -0.870. The van der Waals surface area contributed by atoms with Gasteiger partial charge in [0.15, 0.2) is 0 Å². The maximum Gasteiger partial charge on any atom is 0.320 e. The van der Waals surface area contributed by atoms with Crippen LogP contribution >= 0.6 is 15.9 Å². The van der Waals surface area contributed by atoms with E-state index in [4.69, 9.17) is 10.8 Å². The van der Waals surface area contributed by atoms with Gasteiger partial charge >= 0.3 is 5.97 Å². The van der Waals surface area contributed by atoms with Gasteiger partial charge in [-0.15, -0.1) is 0 Å². The molecule has 0 spiro atoms. The average Bonchev–Trinajstić information content (AvgIpc) is 2.20. The Bertz CT molecular complexity index is 366. The number of halogens is 1. The second kappa shape index (κ2) is 5.28. The first-order valence-electron chi connectivity index (χ1n) is 4.81. The highest BCUT2D eigenvalue weighted by atomic mass is 79.9. The van der Waals surface area contributed by atoms with Gasteiger partial charge in [0.1, 0.15) is 6.04 Å². The third-order valence-electron chi connectivity index (χ3n) is 2.34. The fourth-order valence-electron chi connectivity index (χ4n) is 1.47. The molecule has 0 saturated carbocycles. The normalized spacial score (nSPS) is 12.5. The summed E-state index contributed by atoms with van der Waals surface area (Å²) in [5, 5.41) is 8.76. The summed E-state index contributed by atoms with van der Waals surface area (Å²) in [4.78, 5) is 10.7. The van der Waals surface area contributed by atoms with Gasteiger partial charge in [0, 0.05) is 4.47 Å². The van der Waals surface area contributed by atoms with Crippen molar-refractivity contribution < 1.29 is 9.90 Å². The van der Waals surface area contributed by atoms with Crippen LogP contribution in [0.4, 0.5) is 0 Å². The Morgan fingerprint density at radius 2 is 2.27 bits per heavy atom. The summed E-state index contributed by atoms with van der Waals surface area (Å²) in [7, 11) is 0. The van der Waals surface area contributed by atoms with Gasteiger partial charge in [-0.2, -0.15) is 0 Å². The summed E-state index contributed by atoms with van der Waals surface area (Å²) in [6.45, 7) is 2.04. The lowest BCUT2D eigenvalue weighted by Gasteiger charge is -2.12. The molecule has 4 heteroatoms. The zero-order valence-electron chi connectivity index (χ0n) is 8.53. The van der Waals surface area contributed by atoms with Gasteiger partial charge in [0.2, 0.25) is 0 Å². The fraction of sp³-hybridized carbons (Fsp3) is 0.364. The number of carboxylic acids is 1. The first-order valence-corrected chi connectivity index (χ1v) is 5.60. The maximum absolute atomic E-state index is 10.7. The van der Waals surface area contributed by atoms with Crippen LogP contribution in [0.1, 0.15) is 18.1 Å². The molecule has 15 heavy (non-hydrogen) atoms. The van der Waals surface area contributed by atoms with Gasteiger partial charge in [-0.3, -0.25) is 4.79 Å². The number of nitrogens with two attached hydrogens (primary N) is 1. The third-order valence-corrected chi connectivity index (χ3v) is 3.08. The van der Waals surface area contributed by atoms with Crippen molar-refractivity contribution in [2.24, 2.45) is 5.73 Å². The molecule has 82 valence electrons. The Kier molecular flexibility index (Phi) is 4.29. The number of aliphatic carboxylic acids is 1. The van der Waals surface area contributed by atoms with Crippen LogP contribution in [0, 0.1) is 0 Å². The van der Waals surface area contributed by atoms with Gasteiger partial charge in [0.25, 0.3) is 0 Å². The van der Waals surface area contributed by atoms with Crippen LogP contribution in [-0.2, 0) is 17.6 Å². The van der Waals surface area contributed by atoms with Crippen LogP contribution < -0.4 is 5.73 Å². The van der Waals surface area contributed by atoms with Gasteiger partial charge < -0.3 is 10.8 Å². The molecule has 0 aliphatic rings. The lowest BCUT2D eigenvalue weighted by Crippen LogP contribution is -2.32. The topological polar surface area (TPSA) is 63.3 Å². The van der Waals surface area contributed by atoms with Gasteiger partial charge in [-0.05, 0) is 30.0 Å². The molecule has 0 radical (unpaired) electrons. The number of benzene rings is 1. The Balaban J connectivity index is 2.97. The summed E-state index contributed by atoms with van der Waals surface area (Å²) in [6, 6.07) is 5.00. The highest BCUT2D eigenvalue weighted by Crippen LogP contribution is 2.22. The van der Waals surface area contributed by atoms with Crippen molar-refractivity contribution in [1.82, 2.24) is 0 Å². The lowest BCUT2D eigenvalue weighted by molar-refractivity contribution is -0.138. The van der Waals surface area contributed by atoms with Crippen molar-refractivity contribution in [2.75, 3.05) is 0 Å². The summed E-state index contributed by atoms with van der Waals surface area (Å²) in [5.74, 6) is -0.965. The fourth-order valence-corrected chi connectivity index (χ4v) is 2.04. The van der Waals surface area contributed by atoms with Crippen molar-refractivity contribution in [1.29, 1.82) is 0 Å². The molecule has 0 saturated heterocycles. The van der Waals surface area contributed by atoms with Crippen LogP contribution in [0.5, 0.6) is 0 Å². The maximum atomic E-state index is 10.7. The quantitative estimate of drug-likeness (QED) is 0.880. The predicted octanol–water partition coefficient (Wildman–Crippen LogP) is 1.97. The SMILES string of the molecule is CCc1cccc(Br)c1C[C@@H](N)C(=O)O. The number of rotatable bonds is 4. The van der Waals surface area contributed by atoms with Crippen LogP contribution in [0.3, 0.4) is 0 Å². The minimum Gasteiger partial charge on any atom is -0.480 e. The summed E-state index contributed by atoms with van der Waals surface area (Å²) < 4.78 is 0.929. The molecule has 0 bridgehead atoms. The van der Waals surface area contributed by atoms with E-state index >= 15 is 0 Å². The average molecular weight is 272 g/mol. The minimum atomic E-state index is -0.965. The molecule has 0 aliphatic heterocycles. The van der Waals surface area contributed by atoms with Crippen LogP contribution in [-0.4, -0.2) is 17.1 Å². The van der Waals surface area contributed by atoms with E-state index in [1.54, 1.807) is 0 Å². The molecule has 1 rings (SSSR count). The molecule has 0 aromatic heterocycles. The van der Waals surface area contributed by atoms with E-state index in [0.29, 0.717) is 6.42 Å². The van der Waals surface area contributed by atoms with Crippen molar-refractivity contribution in [3.05, 3.63) is 33.8 Å². The van der Waals surface area contributed by atoms with Crippen LogP contribution in [0.15, 0.2) is 22.7 Å². The Morgan fingerprint density at radius 1 is 1.60 bits per heavy atom. The molecule has 3 N–H and O–H groups in total. The summed E-state index contributed by atoms with van der Waals surface area (Å²) >= 11 is 3.42. The molecule has 3 nitrogen and oxygen atoms in total. The number of hydrogen-bond acceptors (Lipinski definition) is 2. The van der Waals surface area contributed by atoms with E-state index < -0.39 is 12.0 Å². The molecule has 0 heterocycles. The van der Waals surface area contributed by atoms with Gasteiger partial charge in [0.05, 0.1) is 0 Å².